The van der Waals surface area contributed by atoms with Crippen molar-refractivity contribution in [1.29, 1.82) is 0 Å². The monoisotopic (exact) mass is 315 g/mol. The van der Waals surface area contributed by atoms with E-state index in [-0.39, 0.29) is 30.8 Å². The smallest absolute Gasteiger partial charge is 0.307 e. The Morgan fingerprint density at radius 3 is 2.61 bits per heavy atom. The Morgan fingerprint density at radius 2 is 1.91 bits per heavy atom. The van der Waals surface area contributed by atoms with Crippen molar-refractivity contribution in [3.8, 4) is 0 Å². The average molecular weight is 315 g/mol. The van der Waals surface area contributed by atoms with Gasteiger partial charge in [0.2, 0.25) is 0 Å². The highest BCUT2D eigenvalue weighted by Gasteiger charge is 2.10. The van der Waals surface area contributed by atoms with E-state index in [1.807, 2.05) is 30.3 Å². The molecule has 0 aliphatic heterocycles. The Morgan fingerprint density at radius 1 is 1.17 bits per heavy atom. The van der Waals surface area contributed by atoms with E-state index in [1.165, 1.54) is 23.9 Å². The number of carbonyl (C=O) groups excluding carboxylic acids is 2. The SMILES string of the molecule is COC(=O)CCNC(=O)c1ccc(=O)n(Cc2ccccc2)n1. The second kappa shape index (κ2) is 7.88. The molecule has 2 aromatic rings. The quantitative estimate of drug-likeness (QED) is 0.788. The number of benzene rings is 1. The standard InChI is InChI=1S/C16H17N3O4/c1-23-15(21)9-10-17-16(22)13-7-8-14(20)19(18-13)11-12-5-3-2-4-6-12/h2-8H,9-11H2,1H3,(H,17,22). The van der Waals surface area contributed by atoms with Gasteiger partial charge in [0.1, 0.15) is 5.69 Å². The second-order valence-corrected chi connectivity index (χ2v) is 4.78. The third-order valence-electron chi connectivity index (χ3n) is 3.12. The number of carbonyl (C=O) groups is 2. The normalized spacial score (nSPS) is 10.1. The molecule has 0 atom stereocenters. The van der Waals surface area contributed by atoms with Gasteiger partial charge in [0.25, 0.3) is 11.5 Å². The fraction of sp³-hybridized carbons (Fsp3) is 0.250. The molecule has 0 aliphatic rings. The van der Waals surface area contributed by atoms with Gasteiger partial charge in [-0.2, -0.15) is 5.10 Å². The number of hydrogen-bond acceptors (Lipinski definition) is 5. The van der Waals surface area contributed by atoms with Crippen LogP contribution in [0.5, 0.6) is 0 Å². The second-order valence-electron chi connectivity index (χ2n) is 4.78. The molecule has 0 bridgehead atoms. The van der Waals surface area contributed by atoms with Crippen molar-refractivity contribution in [2.24, 2.45) is 0 Å². The van der Waals surface area contributed by atoms with E-state index in [4.69, 9.17) is 0 Å². The highest BCUT2D eigenvalue weighted by molar-refractivity contribution is 5.92. The molecular weight excluding hydrogens is 298 g/mol. The van der Waals surface area contributed by atoms with Crippen LogP contribution in [-0.4, -0.2) is 35.3 Å². The lowest BCUT2D eigenvalue weighted by molar-refractivity contribution is -0.140. The largest absolute Gasteiger partial charge is 0.469 e. The summed E-state index contributed by atoms with van der Waals surface area (Å²) in [7, 11) is 1.28. The minimum absolute atomic E-state index is 0.0753. The number of nitrogens with one attached hydrogen (secondary N) is 1. The summed E-state index contributed by atoms with van der Waals surface area (Å²) < 4.78 is 5.71. The number of esters is 1. The summed E-state index contributed by atoms with van der Waals surface area (Å²) in [5.41, 5.74) is 0.732. The van der Waals surface area contributed by atoms with Gasteiger partial charge in [-0.05, 0) is 11.6 Å². The molecular formula is C16H17N3O4. The Bertz CT molecular complexity index is 740. The number of nitrogens with zero attached hydrogens (tertiary/aromatic N) is 2. The van der Waals surface area contributed by atoms with E-state index in [1.54, 1.807) is 0 Å². The summed E-state index contributed by atoms with van der Waals surface area (Å²) in [6, 6.07) is 12.0. The first kappa shape index (κ1) is 16.4. The fourth-order valence-corrected chi connectivity index (χ4v) is 1.91. The maximum atomic E-state index is 12.0. The van der Waals surface area contributed by atoms with Crippen molar-refractivity contribution < 1.29 is 14.3 Å². The number of amides is 1. The van der Waals surface area contributed by atoms with Crippen LogP contribution < -0.4 is 10.9 Å². The molecule has 0 radical (unpaired) electrons. The van der Waals surface area contributed by atoms with Crippen molar-refractivity contribution in [2.45, 2.75) is 13.0 Å². The first-order chi connectivity index (χ1) is 11.1. The van der Waals surface area contributed by atoms with Crippen molar-refractivity contribution in [3.63, 3.8) is 0 Å². The number of aromatic nitrogens is 2. The summed E-state index contributed by atoms with van der Waals surface area (Å²) in [4.78, 5) is 34.8. The summed E-state index contributed by atoms with van der Waals surface area (Å²) in [5.74, 6) is -0.858. The van der Waals surface area contributed by atoms with E-state index in [0.717, 1.165) is 5.56 Å². The van der Waals surface area contributed by atoms with Gasteiger partial charge in [0.15, 0.2) is 0 Å². The minimum atomic E-state index is -0.448. The average Bonchev–Trinajstić information content (AvgIpc) is 2.57. The van der Waals surface area contributed by atoms with Crippen LogP contribution in [0.3, 0.4) is 0 Å². The topological polar surface area (TPSA) is 90.3 Å². The number of methoxy groups -OCH3 is 1. The molecule has 23 heavy (non-hydrogen) atoms. The zero-order valence-electron chi connectivity index (χ0n) is 12.7. The lowest BCUT2D eigenvalue weighted by Gasteiger charge is -2.07. The molecule has 120 valence electrons. The van der Waals surface area contributed by atoms with E-state index in [9.17, 15) is 14.4 Å². The van der Waals surface area contributed by atoms with Crippen LogP contribution in [0.4, 0.5) is 0 Å². The zero-order chi connectivity index (χ0) is 16.7. The van der Waals surface area contributed by atoms with Crippen LogP contribution in [0.15, 0.2) is 47.3 Å². The van der Waals surface area contributed by atoms with E-state index in [2.05, 4.69) is 15.2 Å². The fourth-order valence-electron chi connectivity index (χ4n) is 1.91. The van der Waals surface area contributed by atoms with Crippen LogP contribution in [-0.2, 0) is 16.1 Å². The van der Waals surface area contributed by atoms with Gasteiger partial charge in [-0.3, -0.25) is 14.4 Å². The molecule has 1 heterocycles. The van der Waals surface area contributed by atoms with E-state index in [0.29, 0.717) is 0 Å². The predicted molar refractivity (Wildman–Crippen MR) is 83.0 cm³/mol. The van der Waals surface area contributed by atoms with Crippen molar-refractivity contribution in [1.82, 2.24) is 15.1 Å². The summed E-state index contributed by atoms with van der Waals surface area (Å²) in [6.45, 7) is 0.425. The third kappa shape index (κ3) is 4.77. The summed E-state index contributed by atoms with van der Waals surface area (Å²) in [5, 5.41) is 6.62. The number of hydrogen-bond donors (Lipinski definition) is 1. The highest BCUT2D eigenvalue weighted by atomic mass is 16.5. The first-order valence-electron chi connectivity index (χ1n) is 7.07. The minimum Gasteiger partial charge on any atom is -0.469 e. The van der Waals surface area contributed by atoms with Gasteiger partial charge < -0.3 is 10.1 Å². The molecule has 0 saturated heterocycles. The van der Waals surface area contributed by atoms with Gasteiger partial charge in [-0.1, -0.05) is 30.3 Å². The lowest BCUT2D eigenvalue weighted by atomic mass is 10.2. The van der Waals surface area contributed by atoms with Crippen LogP contribution in [0.2, 0.25) is 0 Å². The Kier molecular flexibility index (Phi) is 5.62. The summed E-state index contributed by atoms with van der Waals surface area (Å²) >= 11 is 0. The Labute approximate surface area is 132 Å². The van der Waals surface area contributed by atoms with Gasteiger partial charge in [0.05, 0.1) is 20.1 Å². The number of rotatable bonds is 6. The predicted octanol–water partition coefficient (Wildman–Crippen LogP) is 0.584. The van der Waals surface area contributed by atoms with Crippen LogP contribution >= 0.6 is 0 Å². The highest BCUT2D eigenvalue weighted by Crippen LogP contribution is 2.00. The van der Waals surface area contributed by atoms with Gasteiger partial charge >= 0.3 is 5.97 Å². The molecule has 1 amide bonds. The van der Waals surface area contributed by atoms with Crippen LogP contribution in [0.25, 0.3) is 0 Å². The van der Waals surface area contributed by atoms with Crippen LogP contribution in [0.1, 0.15) is 22.5 Å². The molecule has 0 unspecified atom stereocenters. The zero-order valence-corrected chi connectivity index (χ0v) is 12.7. The van der Waals surface area contributed by atoms with E-state index >= 15 is 0 Å². The molecule has 2 rings (SSSR count). The van der Waals surface area contributed by atoms with Crippen molar-refractivity contribution >= 4 is 11.9 Å². The molecule has 0 saturated carbocycles. The van der Waals surface area contributed by atoms with Crippen molar-refractivity contribution in [3.05, 3.63) is 64.1 Å². The molecule has 0 spiro atoms. The van der Waals surface area contributed by atoms with Crippen LogP contribution in [0, 0.1) is 0 Å². The molecule has 7 heteroatoms. The van der Waals surface area contributed by atoms with Gasteiger partial charge in [-0.15, -0.1) is 0 Å². The Balaban J connectivity index is 2.06. The third-order valence-corrected chi connectivity index (χ3v) is 3.12. The maximum Gasteiger partial charge on any atom is 0.307 e. The summed E-state index contributed by atoms with van der Waals surface area (Å²) in [6.07, 6.45) is 0.0753. The number of ether oxygens (including phenoxy) is 1. The first-order valence-corrected chi connectivity index (χ1v) is 7.07. The molecule has 1 aromatic heterocycles. The van der Waals surface area contributed by atoms with Gasteiger partial charge in [-0.25, -0.2) is 4.68 Å². The molecule has 1 aromatic carbocycles. The van der Waals surface area contributed by atoms with E-state index < -0.39 is 11.9 Å². The lowest BCUT2D eigenvalue weighted by Crippen LogP contribution is -2.31. The molecule has 0 fully saturated rings. The molecule has 7 nitrogen and oxygen atoms in total. The molecule has 1 N–H and O–H groups in total. The Hall–Kier alpha value is -2.96. The maximum absolute atomic E-state index is 12.0. The van der Waals surface area contributed by atoms with Crippen molar-refractivity contribution in [2.75, 3.05) is 13.7 Å². The molecule has 0 aliphatic carbocycles. The van der Waals surface area contributed by atoms with Gasteiger partial charge in [0, 0.05) is 12.6 Å².